The Balaban J connectivity index is 2.12. The number of hydrogen-bond acceptors (Lipinski definition) is 4. The second-order valence-electron chi connectivity index (χ2n) is 6.37. The van der Waals surface area contributed by atoms with Crippen LogP contribution in [-0.4, -0.2) is 36.3 Å². The van der Waals surface area contributed by atoms with Gasteiger partial charge in [-0.3, -0.25) is 0 Å². The lowest BCUT2D eigenvalue weighted by Crippen LogP contribution is -2.15. The van der Waals surface area contributed by atoms with E-state index in [1.165, 1.54) is 0 Å². The summed E-state index contributed by atoms with van der Waals surface area (Å²) in [5.41, 5.74) is 4.52. The SMILES string of the molecule is CN(C)CCSc1nc(-c2ccccc2)cc(-c2ccc(Br)cc2)c1C#N. The van der Waals surface area contributed by atoms with E-state index < -0.39 is 0 Å². The van der Waals surface area contributed by atoms with Crippen LogP contribution in [0.25, 0.3) is 22.4 Å². The lowest BCUT2D eigenvalue weighted by Gasteiger charge is -2.14. The molecule has 0 saturated heterocycles. The van der Waals surface area contributed by atoms with Gasteiger partial charge in [0.05, 0.1) is 11.3 Å². The molecule has 1 aromatic heterocycles. The first-order chi connectivity index (χ1) is 13.1. The van der Waals surface area contributed by atoms with Crippen molar-refractivity contribution in [3.05, 3.63) is 70.7 Å². The molecule has 3 aromatic rings. The zero-order chi connectivity index (χ0) is 19.2. The summed E-state index contributed by atoms with van der Waals surface area (Å²) < 4.78 is 1.02. The highest BCUT2D eigenvalue weighted by Crippen LogP contribution is 2.34. The van der Waals surface area contributed by atoms with Crippen LogP contribution in [0, 0.1) is 11.3 Å². The molecule has 3 nitrogen and oxygen atoms in total. The fraction of sp³-hybridized carbons (Fsp3) is 0.182. The highest BCUT2D eigenvalue weighted by molar-refractivity contribution is 9.10. The van der Waals surface area contributed by atoms with Crippen LogP contribution < -0.4 is 0 Å². The molecule has 5 heteroatoms. The average molecular weight is 438 g/mol. The molecular weight excluding hydrogens is 418 g/mol. The van der Waals surface area contributed by atoms with Crippen LogP contribution in [0.5, 0.6) is 0 Å². The summed E-state index contributed by atoms with van der Waals surface area (Å²) in [5.74, 6) is 0.882. The topological polar surface area (TPSA) is 39.9 Å². The molecule has 0 fully saturated rings. The molecule has 0 aliphatic rings. The summed E-state index contributed by atoms with van der Waals surface area (Å²) >= 11 is 5.12. The molecule has 0 amide bonds. The van der Waals surface area contributed by atoms with Gasteiger partial charge in [0, 0.05) is 27.9 Å². The van der Waals surface area contributed by atoms with E-state index in [1.807, 2.05) is 74.8 Å². The van der Waals surface area contributed by atoms with Crippen molar-refractivity contribution in [3.8, 4) is 28.5 Å². The minimum Gasteiger partial charge on any atom is -0.309 e. The predicted octanol–water partition coefficient (Wildman–Crippen LogP) is 5.70. The summed E-state index contributed by atoms with van der Waals surface area (Å²) in [6, 6.07) is 22.6. The molecule has 0 spiro atoms. The fourth-order valence-electron chi connectivity index (χ4n) is 2.67. The smallest absolute Gasteiger partial charge is 0.115 e. The van der Waals surface area contributed by atoms with Crippen molar-refractivity contribution in [1.82, 2.24) is 9.88 Å². The van der Waals surface area contributed by atoms with Crippen LogP contribution in [0.4, 0.5) is 0 Å². The highest BCUT2D eigenvalue weighted by Gasteiger charge is 2.16. The van der Waals surface area contributed by atoms with Gasteiger partial charge in [-0.05, 0) is 37.9 Å². The molecule has 0 saturated carbocycles. The zero-order valence-electron chi connectivity index (χ0n) is 15.3. The number of thioether (sulfide) groups is 1. The van der Waals surface area contributed by atoms with Crippen molar-refractivity contribution in [2.24, 2.45) is 0 Å². The minimum absolute atomic E-state index is 0.640. The van der Waals surface area contributed by atoms with Crippen LogP contribution in [0.2, 0.25) is 0 Å². The van der Waals surface area contributed by atoms with Gasteiger partial charge in [-0.25, -0.2) is 4.98 Å². The number of nitrogens with zero attached hydrogens (tertiary/aromatic N) is 3. The van der Waals surface area contributed by atoms with Gasteiger partial charge in [-0.2, -0.15) is 5.26 Å². The molecular formula is C22H20BrN3S. The largest absolute Gasteiger partial charge is 0.309 e. The van der Waals surface area contributed by atoms with E-state index in [4.69, 9.17) is 4.98 Å². The molecule has 0 atom stereocenters. The van der Waals surface area contributed by atoms with E-state index in [1.54, 1.807) is 11.8 Å². The molecule has 0 radical (unpaired) electrons. The van der Waals surface area contributed by atoms with E-state index in [0.717, 1.165) is 44.2 Å². The van der Waals surface area contributed by atoms with E-state index in [-0.39, 0.29) is 0 Å². The Hall–Kier alpha value is -2.13. The van der Waals surface area contributed by atoms with Crippen molar-refractivity contribution in [2.75, 3.05) is 26.4 Å². The standard InChI is InChI=1S/C22H20BrN3S/c1-26(2)12-13-27-22-20(15-24)19(16-8-10-18(23)11-9-16)14-21(25-22)17-6-4-3-5-7-17/h3-11,14H,12-13H2,1-2H3. The first-order valence-electron chi connectivity index (χ1n) is 8.62. The second kappa shape index (κ2) is 9.18. The molecule has 0 unspecified atom stereocenters. The molecule has 136 valence electrons. The van der Waals surface area contributed by atoms with Gasteiger partial charge >= 0.3 is 0 Å². The fourth-order valence-corrected chi connectivity index (χ4v) is 4.05. The van der Waals surface area contributed by atoms with Crippen molar-refractivity contribution in [3.63, 3.8) is 0 Å². The molecule has 0 aliphatic carbocycles. The van der Waals surface area contributed by atoms with Crippen LogP contribution in [0.3, 0.4) is 0 Å². The monoisotopic (exact) mass is 437 g/mol. The number of halogens is 1. The third-order valence-corrected chi connectivity index (χ3v) is 5.58. The normalized spacial score (nSPS) is 10.8. The second-order valence-corrected chi connectivity index (χ2v) is 8.37. The Bertz CT molecular complexity index is 948. The summed E-state index contributed by atoms with van der Waals surface area (Å²) in [5, 5.41) is 10.7. The number of rotatable bonds is 6. The molecule has 0 N–H and O–H groups in total. The molecule has 27 heavy (non-hydrogen) atoms. The maximum absolute atomic E-state index is 9.86. The van der Waals surface area contributed by atoms with Crippen molar-refractivity contribution >= 4 is 27.7 Å². The van der Waals surface area contributed by atoms with Crippen molar-refractivity contribution in [2.45, 2.75) is 5.03 Å². The van der Waals surface area contributed by atoms with E-state index >= 15 is 0 Å². The zero-order valence-corrected chi connectivity index (χ0v) is 17.7. The van der Waals surface area contributed by atoms with Crippen LogP contribution in [0.1, 0.15) is 5.56 Å². The molecule has 3 rings (SSSR count). The molecule has 0 bridgehead atoms. The lowest BCUT2D eigenvalue weighted by molar-refractivity contribution is 0.437. The molecule has 1 heterocycles. The van der Waals surface area contributed by atoms with E-state index in [9.17, 15) is 5.26 Å². The summed E-state index contributed by atoms with van der Waals surface area (Å²) in [7, 11) is 4.10. The predicted molar refractivity (Wildman–Crippen MR) is 117 cm³/mol. The Morgan fingerprint density at radius 2 is 1.74 bits per heavy atom. The van der Waals surface area contributed by atoms with Gasteiger partial charge in [-0.1, -0.05) is 58.4 Å². The van der Waals surface area contributed by atoms with Crippen molar-refractivity contribution in [1.29, 1.82) is 5.26 Å². The Kier molecular flexibility index (Phi) is 6.68. The highest BCUT2D eigenvalue weighted by atomic mass is 79.9. The molecule has 0 aliphatic heterocycles. The number of benzene rings is 2. The Morgan fingerprint density at radius 3 is 2.37 bits per heavy atom. The van der Waals surface area contributed by atoms with Crippen LogP contribution in [0.15, 0.2) is 70.2 Å². The van der Waals surface area contributed by atoms with E-state index in [2.05, 4.69) is 26.9 Å². The van der Waals surface area contributed by atoms with Gasteiger partial charge < -0.3 is 4.90 Å². The average Bonchev–Trinajstić information content (AvgIpc) is 2.68. The van der Waals surface area contributed by atoms with E-state index in [0.29, 0.717) is 5.56 Å². The van der Waals surface area contributed by atoms with Gasteiger partial charge in [-0.15, -0.1) is 11.8 Å². The van der Waals surface area contributed by atoms with Gasteiger partial charge in [0.25, 0.3) is 0 Å². The Morgan fingerprint density at radius 1 is 1.04 bits per heavy atom. The van der Waals surface area contributed by atoms with Gasteiger partial charge in [0.1, 0.15) is 11.1 Å². The number of pyridine rings is 1. The number of nitriles is 1. The summed E-state index contributed by atoms with van der Waals surface area (Å²) in [4.78, 5) is 6.96. The van der Waals surface area contributed by atoms with Gasteiger partial charge in [0.15, 0.2) is 0 Å². The molecule has 2 aromatic carbocycles. The first kappa shape index (κ1) is 19.6. The van der Waals surface area contributed by atoms with Crippen molar-refractivity contribution < 1.29 is 0 Å². The number of hydrogen-bond donors (Lipinski definition) is 0. The third-order valence-electron chi connectivity index (χ3n) is 4.10. The Labute approximate surface area is 173 Å². The quantitative estimate of drug-likeness (QED) is 0.463. The summed E-state index contributed by atoms with van der Waals surface area (Å²) in [6.07, 6.45) is 0. The first-order valence-corrected chi connectivity index (χ1v) is 10.4. The maximum Gasteiger partial charge on any atom is 0.115 e. The van der Waals surface area contributed by atoms with Crippen LogP contribution >= 0.6 is 27.7 Å². The van der Waals surface area contributed by atoms with Crippen LogP contribution in [-0.2, 0) is 0 Å². The maximum atomic E-state index is 9.86. The minimum atomic E-state index is 0.640. The lowest BCUT2D eigenvalue weighted by atomic mass is 9.99. The van der Waals surface area contributed by atoms with Gasteiger partial charge in [0.2, 0.25) is 0 Å². The third kappa shape index (κ3) is 4.98. The summed E-state index contributed by atoms with van der Waals surface area (Å²) in [6.45, 7) is 0.931. The number of aromatic nitrogens is 1.